The first kappa shape index (κ1) is 16.1. The van der Waals surface area contributed by atoms with Crippen molar-refractivity contribution in [3.63, 3.8) is 0 Å². The largest absolute Gasteiger partial charge is 0.395 e. The average Bonchev–Trinajstić information content (AvgIpc) is 2.97. The molecular formula is C16H17ClN4OS. The predicted octanol–water partition coefficient (Wildman–Crippen LogP) is 3.33. The Morgan fingerprint density at radius 1 is 1.30 bits per heavy atom. The van der Waals surface area contributed by atoms with E-state index >= 15 is 0 Å². The number of aromatic nitrogens is 3. The van der Waals surface area contributed by atoms with Crippen LogP contribution in [-0.2, 0) is 5.75 Å². The summed E-state index contributed by atoms with van der Waals surface area (Å²) >= 11 is 8.02. The highest BCUT2D eigenvalue weighted by Crippen LogP contribution is 2.31. The van der Waals surface area contributed by atoms with Crippen molar-refractivity contribution in [1.29, 1.82) is 0 Å². The van der Waals surface area contributed by atoms with Gasteiger partial charge in [-0.05, 0) is 18.2 Å². The molecule has 0 spiro atoms. The number of aliphatic hydroxyl groups is 1. The summed E-state index contributed by atoms with van der Waals surface area (Å²) in [4.78, 5) is 14.1. The normalized spacial score (nSPS) is 11.1. The fraction of sp³-hybridized carbons (Fsp3) is 0.250. The molecule has 23 heavy (non-hydrogen) atoms. The molecule has 3 rings (SSSR count). The first-order valence-corrected chi connectivity index (χ1v) is 8.58. The molecule has 0 bridgehead atoms. The van der Waals surface area contributed by atoms with Crippen LogP contribution in [0.2, 0.25) is 5.02 Å². The average molecular weight is 349 g/mol. The summed E-state index contributed by atoms with van der Waals surface area (Å²) in [6, 6.07) is 9.78. The van der Waals surface area contributed by atoms with Crippen LogP contribution in [0.1, 0.15) is 5.69 Å². The van der Waals surface area contributed by atoms with Crippen molar-refractivity contribution in [3.8, 4) is 0 Å². The number of pyridine rings is 1. The molecule has 0 atom stereocenters. The van der Waals surface area contributed by atoms with Crippen LogP contribution in [-0.4, -0.2) is 40.3 Å². The highest BCUT2D eigenvalue weighted by molar-refractivity contribution is 7.98. The summed E-state index contributed by atoms with van der Waals surface area (Å²) in [5, 5.41) is 10.5. The van der Waals surface area contributed by atoms with E-state index in [0.29, 0.717) is 17.3 Å². The summed E-state index contributed by atoms with van der Waals surface area (Å²) in [5.41, 5.74) is 3.64. The Kier molecular flexibility index (Phi) is 5.05. The van der Waals surface area contributed by atoms with Gasteiger partial charge in [0.15, 0.2) is 5.16 Å². The zero-order chi connectivity index (χ0) is 16.2. The molecule has 0 aliphatic carbocycles. The molecule has 120 valence electrons. The number of aromatic amines is 1. The van der Waals surface area contributed by atoms with Gasteiger partial charge in [-0.15, -0.1) is 0 Å². The minimum Gasteiger partial charge on any atom is -0.395 e. The Balaban J connectivity index is 1.76. The van der Waals surface area contributed by atoms with Gasteiger partial charge in [-0.3, -0.25) is 4.98 Å². The number of likely N-dealkylation sites (N-methyl/N-ethyl adjacent to an activating group) is 1. The van der Waals surface area contributed by atoms with Crippen LogP contribution in [0.5, 0.6) is 0 Å². The Labute approximate surface area is 143 Å². The smallest absolute Gasteiger partial charge is 0.166 e. The van der Waals surface area contributed by atoms with Crippen LogP contribution in [0.3, 0.4) is 0 Å². The van der Waals surface area contributed by atoms with E-state index in [1.807, 2.05) is 42.3 Å². The highest BCUT2D eigenvalue weighted by Gasteiger charge is 2.12. The Bertz CT molecular complexity index is 775. The van der Waals surface area contributed by atoms with E-state index in [-0.39, 0.29) is 6.61 Å². The molecule has 2 N–H and O–H groups in total. The fourth-order valence-corrected chi connectivity index (χ4v) is 3.52. The topological polar surface area (TPSA) is 65.0 Å². The number of rotatable bonds is 6. The van der Waals surface area contributed by atoms with Gasteiger partial charge < -0.3 is 15.0 Å². The van der Waals surface area contributed by atoms with Crippen molar-refractivity contribution in [1.82, 2.24) is 15.0 Å². The molecule has 1 aromatic carbocycles. The van der Waals surface area contributed by atoms with Crippen molar-refractivity contribution in [2.24, 2.45) is 0 Å². The molecule has 7 heteroatoms. The van der Waals surface area contributed by atoms with Gasteiger partial charge in [0.2, 0.25) is 0 Å². The standard InChI is InChI=1S/C16H17ClN4OS/c1-21(8-9-22)14-6-7-18-13(15(14)17)10-23-16-19-11-4-2-3-5-12(11)20-16/h2-7,22H,8-10H2,1H3,(H,19,20). The third-order valence-corrected chi connectivity index (χ3v) is 4.80. The number of anilines is 1. The lowest BCUT2D eigenvalue weighted by Crippen LogP contribution is -2.21. The quantitative estimate of drug-likeness (QED) is 0.669. The number of H-pyrrole nitrogens is 1. The van der Waals surface area contributed by atoms with Gasteiger partial charge in [0.05, 0.1) is 34.0 Å². The van der Waals surface area contributed by atoms with Crippen LogP contribution in [0, 0.1) is 0 Å². The number of aliphatic hydroxyl groups excluding tert-OH is 1. The lowest BCUT2D eigenvalue weighted by molar-refractivity contribution is 0.304. The second kappa shape index (κ2) is 7.21. The molecule has 0 aliphatic heterocycles. The van der Waals surface area contributed by atoms with Crippen molar-refractivity contribution in [2.45, 2.75) is 10.9 Å². The van der Waals surface area contributed by atoms with Gasteiger partial charge in [-0.1, -0.05) is 35.5 Å². The van der Waals surface area contributed by atoms with E-state index in [0.717, 1.165) is 27.6 Å². The van der Waals surface area contributed by atoms with Crippen LogP contribution >= 0.6 is 23.4 Å². The maximum Gasteiger partial charge on any atom is 0.166 e. The summed E-state index contributed by atoms with van der Waals surface area (Å²) in [6.07, 6.45) is 1.74. The molecule has 0 saturated carbocycles. The first-order valence-electron chi connectivity index (χ1n) is 7.22. The number of fused-ring (bicyclic) bond motifs is 1. The van der Waals surface area contributed by atoms with Gasteiger partial charge in [0, 0.05) is 25.5 Å². The first-order chi connectivity index (χ1) is 11.2. The van der Waals surface area contributed by atoms with Crippen LogP contribution < -0.4 is 4.90 Å². The number of hydrogen-bond acceptors (Lipinski definition) is 5. The number of imidazole rings is 1. The monoisotopic (exact) mass is 348 g/mol. The highest BCUT2D eigenvalue weighted by atomic mass is 35.5. The van der Waals surface area contributed by atoms with Crippen molar-refractivity contribution in [2.75, 3.05) is 25.1 Å². The second-order valence-electron chi connectivity index (χ2n) is 5.08. The molecule has 0 saturated heterocycles. The molecule has 0 fully saturated rings. The van der Waals surface area contributed by atoms with E-state index in [1.165, 1.54) is 0 Å². The fourth-order valence-electron chi connectivity index (χ4n) is 2.28. The van der Waals surface area contributed by atoms with Gasteiger partial charge in [-0.2, -0.15) is 0 Å². The van der Waals surface area contributed by atoms with Crippen LogP contribution in [0.4, 0.5) is 5.69 Å². The molecule has 0 aliphatic rings. The maximum absolute atomic E-state index is 9.06. The summed E-state index contributed by atoms with van der Waals surface area (Å²) in [6.45, 7) is 0.609. The zero-order valence-electron chi connectivity index (χ0n) is 12.7. The van der Waals surface area contributed by atoms with E-state index < -0.39 is 0 Å². The van der Waals surface area contributed by atoms with E-state index in [4.69, 9.17) is 16.7 Å². The molecule has 2 heterocycles. The third kappa shape index (κ3) is 3.60. The number of thioether (sulfide) groups is 1. The van der Waals surface area contributed by atoms with Gasteiger partial charge in [0.1, 0.15) is 0 Å². The Morgan fingerprint density at radius 3 is 2.91 bits per heavy atom. The molecular weight excluding hydrogens is 332 g/mol. The van der Waals surface area contributed by atoms with Crippen molar-refractivity contribution in [3.05, 3.63) is 47.2 Å². The van der Waals surface area contributed by atoms with Crippen LogP contribution in [0.15, 0.2) is 41.7 Å². The number of nitrogens with one attached hydrogen (secondary N) is 1. The van der Waals surface area contributed by atoms with E-state index in [2.05, 4.69) is 15.0 Å². The predicted molar refractivity (Wildman–Crippen MR) is 95.3 cm³/mol. The lowest BCUT2D eigenvalue weighted by Gasteiger charge is -2.20. The lowest BCUT2D eigenvalue weighted by atomic mass is 10.3. The second-order valence-corrected chi connectivity index (χ2v) is 6.43. The van der Waals surface area contributed by atoms with Crippen molar-refractivity contribution >= 4 is 40.1 Å². The number of benzene rings is 1. The minimum atomic E-state index is 0.0816. The van der Waals surface area contributed by atoms with Gasteiger partial charge in [0.25, 0.3) is 0 Å². The summed E-state index contributed by atoms with van der Waals surface area (Å²) in [5.74, 6) is 0.624. The molecule has 0 radical (unpaired) electrons. The van der Waals surface area contributed by atoms with Gasteiger partial charge >= 0.3 is 0 Å². The molecule has 0 unspecified atom stereocenters. The number of para-hydroxylation sites is 2. The summed E-state index contributed by atoms with van der Waals surface area (Å²) in [7, 11) is 1.90. The summed E-state index contributed by atoms with van der Waals surface area (Å²) < 4.78 is 0. The van der Waals surface area contributed by atoms with Crippen LogP contribution in [0.25, 0.3) is 11.0 Å². The SMILES string of the molecule is CN(CCO)c1ccnc(CSc2nc3ccccc3[nH]2)c1Cl. The molecule has 0 amide bonds. The van der Waals surface area contributed by atoms with Gasteiger partial charge in [-0.25, -0.2) is 4.98 Å². The Morgan fingerprint density at radius 2 is 2.13 bits per heavy atom. The minimum absolute atomic E-state index is 0.0816. The molecule has 5 nitrogen and oxygen atoms in total. The third-order valence-electron chi connectivity index (χ3n) is 3.50. The zero-order valence-corrected chi connectivity index (χ0v) is 14.2. The van der Waals surface area contributed by atoms with E-state index in [1.54, 1.807) is 18.0 Å². The maximum atomic E-state index is 9.06. The number of halogens is 1. The van der Waals surface area contributed by atoms with E-state index in [9.17, 15) is 0 Å². The number of nitrogens with zero attached hydrogens (tertiary/aromatic N) is 3. The molecule has 2 aromatic heterocycles. The number of hydrogen-bond donors (Lipinski definition) is 2. The molecule has 3 aromatic rings. The van der Waals surface area contributed by atoms with Crippen molar-refractivity contribution < 1.29 is 5.11 Å². The Hall–Kier alpha value is -1.76.